The summed E-state index contributed by atoms with van der Waals surface area (Å²) in [5.41, 5.74) is 0.545. The molecule has 7 heteroatoms. The zero-order valence-electron chi connectivity index (χ0n) is 12.6. The first kappa shape index (κ1) is 18.1. The maximum absolute atomic E-state index is 12.8. The van der Waals surface area contributed by atoms with Crippen LogP contribution in [0.3, 0.4) is 0 Å². The summed E-state index contributed by atoms with van der Waals surface area (Å²) in [5, 5.41) is 9.12. The number of carboxylic acid groups (broad SMARTS) is 1. The number of carboxylic acids is 1. The van der Waals surface area contributed by atoms with Gasteiger partial charge in [-0.15, -0.1) is 0 Å². The summed E-state index contributed by atoms with van der Waals surface area (Å²) in [6.45, 7) is 7.53. The van der Waals surface area contributed by atoms with E-state index in [9.17, 15) is 13.2 Å². The highest BCUT2D eigenvalue weighted by atomic mass is 79.9. The topological polar surface area (TPSA) is 74.7 Å². The van der Waals surface area contributed by atoms with Crippen LogP contribution >= 0.6 is 15.9 Å². The Balaban J connectivity index is 3.53. The third-order valence-corrected chi connectivity index (χ3v) is 6.88. The van der Waals surface area contributed by atoms with E-state index in [1.54, 1.807) is 13.8 Å². The fourth-order valence-corrected chi connectivity index (χ4v) is 4.82. The minimum absolute atomic E-state index is 0.00190. The van der Waals surface area contributed by atoms with Crippen molar-refractivity contribution in [1.29, 1.82) is 0 Å². The van der Waals surface area contributed by atoms with E-state index in [1.165, 1.54) is 16.4 Å². The van der Waals surface area contributed by atoms with Gasteiger partial charge in [-0.1, -0.05) is 13.8 Å². The predicted molar refractivity (Wildman–Crippen MR) is 85.2 cm³/mol. The van der Waals surface area contributed by atoms with E-state index in [0.29, 0.717) is 23.0 Å². The van der Waals surface area contributed by atoms with Crippen molar-refractivity contribution in [2.24, 2.45) is 0 Å². The normalized spacial score (nSPS) is 13.4. The lowest BCUT2D eigenvalue weighted by atomic mass is 10.1. The molecule has 0 aliphatic heterocycles. The van der Waals surface area contributed by atoms with Gasteiger partial charge in [0.15, 0.2) is 0 Å². The van der Waals surface area contributed by atoms with Crippen molar-refractivity contribution in [2.45, 2.75) is 45.1 Å². The standard InChI is InChI=1S/C14H20BrNO4S/c1-5-10(4)16(6-2)21(19,20)12-8-11(14(17)18)7-9(3)13(12)15/h7-8,10H,5-6H2,1-4H3,(H,17,18). The van der Waals surface area contributed by atoms with Gasteiger partial charge < -0.3 is 5.11 Å². The Labute approximate surface area is 134 Å². The summed E-state index contributed by atoms with van der Waals surface area (Å²) in [7, 11) is -3.75. The highest BCUT2D eigenvalue weighted by Crippen LogP contribution is 2.30. The van der Waals surface area contributed by atoms with Crippen LogP contribution in [0.15, 0.2) is 21.5 Å². The minimum atomic E-state index is -3.75. The summed E-state index contributed by atoms with van der Waals surface area (Å²) < 4.78 is 27.4. The van der Waals surface area contributed by atoms with E-state index >= 15 is 0 Å². The first-order valence-electron chi connectivity index (χ1n) is 6.72. The molecule has 0 heterocycles. The van der Waals surface area contributed by atoms with Crippen molar-refractivity contribution in [2.75, 3.05) is 6.54 Å². The highest BCUT2D eigenvalue weighted by Gasteiger charge is 2.30. The van der Waals surface area contributed by atoms with Gasteiger partial charge in [0.05, 0.1) is 10.5 Å². The second-order valence-corrected chi connectivity index (χ2v) is 7.53. The number of nitrogens with zero attached hydrogens (tertiary/aromatic N) is 1. The first-order chi connectivity index (χ1) is 9.66. The molecule has 0 amide bonds. The van der Waals surface area contributed by atoms with Gasteiger partial charge in [-0.25, -0.2) is 13.2 Å². The number of aryl methyl sites for hydroxylation is 1. The van der Waals surface area contributed by atoms with Gasteiger partial charge in [0.25, 0.3) is 0 Å². The van der Waals surface area contributed by atoms with Gasteiger partial charge in [0.2, 0.25) is 10.0 Å². The molecular weight excluding hydrogens is 358 g/mol. The largest absolute Gasteiger partial charge is 0.478 e. The second kappa shape index (κ2) is 6.89. The Morgan fingerprint density at radius 1 is 1.38 bits per heavy atom. The van der Waals surface area contributed by atoms with Crippen LogP contribution in [-0.2, 0) is 10.0 Å². The van der Waals surface area contributed by atoms with Crippen molar-refractivity contribution >= 4 is 31.9 Å². The Kier molecular flexibility index (Phi) is 5.95. The van der Waals surface area contributed by atoms with Crippen molar-refractivity contribution < 1.29 is 18.3 Å². The third-order valence-electron chi connectivity index (χ3n) is 3.45. The van der Waals surface area contributed by atoms with Gasteiger partial charge in [0.1, 0.15) is 0 Å². The maximum atomic E-state index is 12.8. The molecule has 0 bridgehead atoms. The lowest BCUT2D eigenvalue weighted by molar-refractivity contribution is 0.0696. The monoisotopic (exact) mass is 377 g/mol. The Morgan fingerprint density at radius 3 is 2.38 bits per heavy atom. The van der Waals surface area contributed by atoms with E-state index in [2.05, 4.69) is 15.9 Å². The highest BCUT2D eigenvalue weighted by molar-refractivity contribution is 9.10. The Hall–Kier alpha value is -0.920. The molecule has 0 aliphatic rings. The molecule has 0 aliphatic carbocycles. The summed E-state index contributed by atoms with van der Waals surface area (Å²) in [4.78, 5) is 11.2. The van der Waals surface area contributed by atoms with Crippen LogP contribution in [0.5, 0.6) is 0 Å². The SMILES string of the molecule is CCC(C)N(CC)S(=O)(=O)c1cc(C(=O)O)cc(C)c1Br. The van der Waals surface area contributed by atoms with Gasteiger partial charge in [-0.05, 0) is 53.9 Å². The maximum Gasteiger partial charge on any atom is 0.335 e. The van der Waals surface area contributed by atoms with E-state index in [1.807, 2.05) is 13.8 Å². The molecule has 1 aromatic rings. The molecule has 0 saturated heterocycles. The molecule has 1 rings (SSSR count). The smallest absolute Gasteiger partial charge is 0.335 e. The molecule has 1 atom stereocenters. The van der Waals surface area contributed by atoms with Gasteiger partial charge >= 0.3 is 5.97 Å². The molecule has 0 aromatic heterocycles. The van der Waals surface area contributed by atoms with Crippen molar-refractivity contribution in [3.8, 4) is 0 Å². The van der Waals surface area contributed by atoms with Crippen LogP contribution in [0, 0.1) is 6.92 Å². The lowest BCUT2D eigenvalue weighted by Crippen LogP contribution is -2.38. The van der Waals surface area contributed by atoms with E-state index in [4.69, 9.17) is 5.11 Å². The number of halogens is 1. The molecule has 1 unspecified atom stereocenters. The quantitative estimate of drug-likeness (QED) is 0.825. The molecule has 5 nitrogen and oxygen atoms in total. The summed E-state index contributed by atoms with van der Waals surface area (Å²) in [5.74, 6) is -1.14. The van der Waals surface area contributed by atoms with Gasteiger partial charge in [-0.3, -0.25) is 0 Å². The van der Waals surface area contributed by atoms with Crippen molar-refractivity contribution in [1.82, 2.24) is 4.31 Å². The number of hydrogen-bond donors (Lipinski definition) is 1. The number of benzene rings is 1. The molecule has 0 saturated carbocycles. The number of rotatable bonds is 6. The van der Waals surface area contributed by atoms with Crippen LogP contribution in [-0.4, -0.2) is 36.4 Å². The van der Waals surface area contributed by atoms with Crippen LogP contribution in [0.4, 0.5) is 0 Å². The average molecular weight is 378 g/mol. The predicted octanol–water partition coefficient (Wildman–Crippen LogP) is 3.26. The van der Waals surface area contributed by atoms with Gasteiger partial charge in [0, 0.05) is 17.1 Å². The van der Waals surface area contributed by atoms with Crippen LogP contribution in [0.25, 0.3) is 0 Å². The molecule has 0 spiro atoms. The van der Waals surface area contributed by atoms with Crippen LogP contribution < -0.4 is 0 Å². The number of hydrogen-bond acceptors (Lipinski definition) is 3. The summed E-state index contributed by atoms with van der Waals surface area (Å²) in [6, 6.07) is 2.51. The van der Waals surface area contributed by atoms with Crippen molar-refractivity contribution in [3.63, 3.8) is 0 Å². The third kappa shape index (κ3) is 3.64. The Morgan fingerprint density at radius 2 is 1.95 bits per heavy atom. The first-order valence-corrected chi connectivity index (χ1v) is 8.95. The second-order valence-electron chi connectivity index (χ2n) is 4.88. The summed E-state index contributed by atoms with van der Waals surface area (Å²) >= 11 is 3.27. The van der Waals surface area contributed by atoms with Gasteiger partial charge in [-0.2, -0.15) is 4.31 Å². The summed E-state index contributed by atoms with van der Waals surface area (Å²) in [6.07, 6.45) is 0.683. The fourth-order valence-electron chi connectivity index (χ4n) is 2.10. The Bertz CT molecular complexity index is 643. The number of sulfonamides is 1. The number of carbonyl (C=O) groups is 1. The lowest BCUT2D eigenvalue weighted by Gasteiger charge is -2.27. The molecule has 1 aromatic carbocycles. The molecule has 118 valence electrons. The van der Waals surface area contributed by atoms with Crippen LogP contribution in [0.2, 0.25) is 0 Å². The number of aromatic carboxylic acids is 1. The molecular formula is C14H20BrNO4S. The molecule has 1 N–H and O–H groups in total. The fraction of sp³-hybridized carbons (Fsp3) is 0.500. The van der Waals surface area contributed by atoms with E-state index in [-0.39, 0.29) is 16.5 Å². The minimum Gasteiger partial charge on any atom is -0.478 e. The molecule has 0 radical (unpaired) electrons. The average Bonchev–Trinajstić information content (AvgIpc) is 2.41. The van der Waals surface area contributed by atoms with E-state index in [0.717, 1.165) is 0 Å². The molecule has 0 fully saturated rings. The van der Waals surface area contributed by atoms with Crippen LogP contribution in [0.1, 0.15) is 43.1 Å². The zero-order valence-corrected chi connectivity index (χ0v) is 15.0. The van der Waals surface area contributed by atoms with E-state index < -0.39 is 16.0 Å². The van der Waals surface area contributed by atoms with Crippen molar-refractivity contribution in [3.05, 3.63) is 27.7 Å². The molecule has 21 heavy (non-hydrogen) atoms. The zero-order chi connectivity index (χ0) is 16.4.